The smallest absolute Gasteiger partial charge is 0.319 e. The number of rotatable bonds is 5. The van der Waals surface area contributed by atoms with E-state index in [1.54, 1.807) is 6.92 Å². The van der Waals surface area contributed by atoms with Gasteiger partial charge in [0.15, 0.2) is 0 Å². The Morgan fingerprint density at radius 1 is 1.19 bits per heavy atom. The minimum atomic E-state index is -1.08. The topological polar surface area (TPSA) is 70.6 Å². The van der Waals surface area contributed by atoms with Crippen LogP contribution >= 0.6 is 0 Å². The van der Waals surface area contributed by atoms with Gasteiger partial charge in [-0.15, -0.1) is 0 Å². The van der Waals surface area contributed by atoms with Crippen molar-refractivity contribution >= 4 is 11.7 Å². The number of benzene rings is 1. The number of ether oxygens (including phenoxy) is 1. The molecule has 0 fully saturated rings. The fourth-order valence-corrected chi connectivity index (χ4v) is 1.86. The van der Waals surface area contributed by atoms with Crippen molar-refractivity contribution in [3.63, 3.8) is 0 Å². The van der Waals surface area contributed by atoms with E-state index in [-0.39, 0.29) is 24.6 Å². The predicted molar refractivity (Wildman–Crippen MR) is 84.7 cm³/mol. The summed E-state index contributed by atoms with van der Waals surface area (Å²) in [6.45, 7) is 8.30. The molecule has 118 valence electrons. The zero-order valence-electron chi connectivity index (χ0n) is 13.5. The second kappa shape index (κ2) is 6.91. The Hall–Kier alpha value is -1.59. The summed E-state index contributed by atoms with van der Waals surface area (Å²) in [5.74, 6) is 0. The molecule has 0 aliphatic carbocycles. The Bertz CT molecular complexity index is 461. The number of carbonyl (C=O) groups excluding carboxylic acids is 1. The largest absolute Gasteiger partial charge is 0.386 e. The fourth-order valence-electron chi connectivity index (χ4n) is 1.86. The monoisotopic (exact) mass is 294 g/mol. The van der Waals surface area contributed by atoms with Crippen molar-refractivity contribution in [2.75, 3.05) is 25.6 Å². The van der Waals surface area contributed by atoms with Crippen LogP contribution in [0.1, 0.15) is 33.3 Å². The molecule has 21 heavy (non-hydrogen) atoms. The number of hydrogen-bond acceptors (Lipinski definition) is 3. The van der Waals surface area contributed by atoms with E-state index in [1.165, 1.54) is 12.7 Å². The molecule has 0 spiro atoms. The fraction of sp³-hybridized carbons (Fsp3) is 0.562. The summed E-state index contributed by atoms with van der Waals surface area (Å²) in [5.41, 5.74) is 0.922. The van der Waals surface area contributed by atoms with E-state index in [4.69, 9.17) is 4.74 Å². The van der Waals surface area contributed by atoms with Gasteiger partial charge < -0.3 is 20.5 Å². The van der Waals surface area contributed by atoms with Crippen LogP contribution in [0.4, 0.5) is 10.5 Å². The van der Waals surface area contributed by atoms with Crippen molar-refractivity contribution in [1.29, 1.82) is 0 Å². The van der Waals surface area contributed by atoms with E-state index in [1.807, 2.05) is 24.3 Å². The summed E-state index contributed by atoms with van der Waals surface area (Å²) in [7, 11) is 1.51. The molecule has 0 aromatic heterocycles. The van der Waals surface area contributed by atoms with Crippen LogP contribution in [-0.4, -0.2) is 37.0 Å². The molecule has 2 amide bonds. The third-order valence-corrected chi connectivity index (χ3v) is 3.09. The van der Waals surface area contributed by atoms with Crippen LogP contribution in [0.2, 0.25) is 0 Å². The molecule has 0 heterocycles. The molecule has 0 aliphatic heterocycles. The average molecular weight is 294 g/mol. The van der Waals surface area contributed by atoms with Gasteiger partial charge in [-0.2, -0.15) is 0 Å². The summed E-state index contributed by atoms with van der Waals surface area (Å²) >= 11 is 0. The number of urea groups is 1. The molecule has 0 saturated carbocycles. The summed E-state index contributed by atoms with van der Waals surface area (Å²) in [6.07, 6.45) is 0. The van der Waals surface area contributed by atoms with Gasteiger partial charge >= 0.3 is 6.03 Å². The minimum Gasteiger partial charge on any atom is -0.386 e. The van der Waals surface area contributed by atoms with Gasteiger partial charge in [-0.05, 0) is 30.0 Å². The van der Waals surface area contributed by atoms with Crippen LogP contribution in [0.25, 0.3) is 0 Å². The van der Waals surface area contributed by atoms with E-state index in [0.29, 0.717) is 5.69 Å². The van der Waals surface area contributed by atoms with Gasteiger partial charge in [0.05, 0.1) is 13.2 Å². The van der Waals surface area contributed by atoms with E-state index < -0.39 is 5.60 Å². The normalized spacial score (nSPS) is 14.4. The molecule has 5 nitrogen and oxygen atoms in total. The van der Waals surface area contributed by atoms with Crippen molar-refractivity contribution in [3.05, 3.63) is 29.8 Å². The van der Waals surface area contributed by atoms with Crippen LogP contribution in [-0.2, 0) is 10.2 Å². The van der Waals surface area contributed by atoms with Gasteiger partial charge in [0.1, 0.15) is 5.60 Å². The maximum absolute atomic E-state index is 11.8. The first-order valence-corrected chi connectivity index (χ1v) is 7.01. The lowest BCUT2D eigenvalue weighted by Gasteiger charge is -2.22. The second-order valence-corrected chi connectivity index (χ2v) is 6.56. The maximum atomic E-state index is 11.8. The van der Waals surface area contributed by atoms with E-state index in [2.05, 4.69) is 31.4 Å². The highest BCUT2D eigenvalue weighted by atomic mass is 16.5. The minimum absolute atomic E-state index is 0.0830. The highest BCUT2D eigenvalue weighted by molar-refractivity contribution is 5.89. The predicted octanol–water partition coefficient (Wildman–Crippen LogP) is 2.50. The summed E-state index contributed by atoms with van der Waals surface area (Å²) in [6, 6.07) is 7.38. The first-order valence-electron chi connectivity index (χ1n) is 7.01. The SMILES string of the molecule is COCC(C)(O)CNC(=O)Nc1ccc(C(C)(C)C)cc1. The zero-order chi connectivity index (χ0) is 16.1. The van der Waals surface area contributed by atoms with E-state index >= 15 is 0 Å². The lowest BCUT2D eigenvalue weighted by molar-refractivity contribution is -0.0133. The van der Waals surface area contributed by atoms with Crippen LogP contribution in [0.15, 0.2) is 24.3 Å². The molecule has 3 N–H and O–H groups in total. The van der Waals surface area contributed by atoms with Crippen LogP contribution in [0.5, 0.6) is 0 Å². The highest BCUT2D eigenvalue weighted by Crippen LogP contribution is 2.23. The molecule has 1 unspecified atom stereocenters. The molecular weight excluding hydrogens is 268 g/mol. The number of amides is 2. The van der Waals surface area contributed by atoms with E-state index in [9.17, 15) is 9.90 Å². The van der Waals surface area contributed by atoms with Gasteiger partial charge in [-0.25, -0.2) is 4.79 Å². The molecule has 1 atom stereocenters. The first-order chi connectivity index (χ1) is 9.64. The molecular formula is C16H26N2O3. The second-order valence-electron chi connectivity index (χ2n) is 6.56. The maximum Gasteiger partial charge on any atom is 0.319 e. The van der Waals surface area contributed by atoms with Gasteiger partial charge in [0.2, 0.25) is 0 Å². The molecule has 0 radical (unpaired) electrons. The molecule has 0 bridgehead atoms. The van der Waals surface area contributed by atoms with Crippen LogP contribution in [0.3, 0.4) is 0 Å². The summed E-state index contributed by atoms with van der Waals surface area (Å²) < 4.78 is 4.88. The molecule has 0 aliphatic rings. The quantitative estimate of drug-likeness (QED) is 0.781. The van der Waals surface area contributed by atoms with Crippen molar-refractivity contribution in [2.24, 2.45) is 0 Å². The Morgan fingerprint density at radius 3 is 2.24 bits per heavy atom. The number of carbonyl (C=O) groups is 1. The van der Waals surface area contributed by atoms with Crippen molar-refractivity contribution in [3.8, 4) is 0 Å². The Labute approximate surface area is 126 Å². The van der Waals surface area contributed by atoms with Crippen molar-refractivity contribution in [1.82, 2.24) is 5.32 Å². The molecule has 1 aromatic carbocycles. The van der Waals surface area contributed by atoms with Gasteiger partial charge in [-0.3, -0.25) is 0 Å². The highest BCUT2D eigenvalue weighted by Gasteiger charge is 2.21. The van der Waals surface area contributed by atoms with Gasteiger partial charge in [0.25, 0.3) is 0 Å². The zero-order valence-corrected chi connectivity index (χ0v) is 13.5. The Morgan fingerprint density at radius 2 is 1.76 bits per heavy atom. The standard InChI is InChI=1S/C16H26N2O3/c1-15(2,3)12-6-8-13(9-7-12)18-14(19)17-10-16(4,20)11-21-5/h6-9,20H,10-11H2,1-5H3,(H2,17,18,19). The Kier molecular flexibility index (Phi) is 5.75. The Balaban J connectivity index is 2.52. The summed E-state index contributed by atoms with van der Waals surface area (Å²) in [5, 5.41) is 15.2. The lowest BCUT2D eigenvalue weighted by atomic mass is 9.87. The number of anilines is 1. The lowest BCUT2D eigenvalue weighted by Crippen LogP contribution is -2.45. The number of aliphatic hydroxyl groups is 1. The van der Waals surface area contributed by atoms with Gasteiger partial charge in [0, 0.05) is 12.8 Å². The first kappa shape index (κ1) is 17.5. The number of methoxy groups -OCH3 is 1. The third-order valence-electron chi connectivity index (χ3n) is 3.09. The molecule has 5 heteroatoms. The molecule has 1 rings (SSSR count). The number of nitrogens with one attached hydrogen (secondary N) is 2. The van der Waals surface area contributed by atoms with Crippen LogP contribution in [0, 0.1) is 0 Å². The molecule has 0 saturated heterocycles. The van der Waals surface area contributed by atoms with Gasteiger partial charge in [-0.1, -0.05) is 32.9 Å². The van der Waals surface area contributed by atoms with E-state index in [0.717, 1.165) is 0 Å². The molecule has 1 aromatic rings. The number of hydrogen-bond donors (Lipinski definition) is 3. The van der Waals surface area contributed by atoms with Crippen LogP contribution < -0.4 is 10.6 Å². The van der Waals surface area contributed by atoms with Crippen molar-refractivity contribution in [2.45, 2.75) is 38.7 Å². The van der Waals surface area contributed by atoms with Crippen molar-refractivity contribution < 1.29 is 14.6 Å². The third kappa shape index (κ3) is 6.14. The average Bonchev–Trinajstić information content (AvgIpc) is 2.36. The summed E-state index contributed by atoms with van der Waals surface area (Å²) in [4.78, 5) is 11.8.